The first-order valence-electron chi connectivity index (χ1n) is 5.07. The van der Waals surface area contributed by atoms with Crippen LogP contribution in [-0.2, 0) is 10.0 Å². The molecule has 0 aromatic heterocycles. The number of hydrogen-bond acceptors (Lipinski definition) is 3. The van der Waals surface area contributed by atoms with E-state index in [-0.39, 0.29) is 16.3 Å². The molecule has 0 fully saturated rings. The smallest absolute Gasteiger partial charge is 0.263 e. The van der Waals surface area contributed by atoms with Gasteiger partial charge in [0.25, 0.3) is 10.0 Å². The average molecular weight is 296 g/mol. The van der Waals surface area contributed by atoms with Gasteiger partial charge in [0.15, 0.2) is 0 Å². The molecule has 0 bridgehead atoms. The van der Waals surface area contributed by atoms with Crippen molar-refractivity contribution in [1.29, 1.82) is 0 Å². The molecule has 0 aliphatic carbocycles. The van der Waals surface area contributed by atoms with Gasteiger partial charge in [-0.05, 0) is 12.1 Å². The average Bonchev–Trinajstić information content (AvgIpc) is 2.59. The first-order chi connectivity index (χ1) is 8.74. The number of nitrogens with zero attached hydrogens (tertiary/aromatic N) is 1. The summed E-state index contributed by atoms with van der Waals surface area (Å²) in [4.78, 5) is 3.13. The molecule has 0 radical (unpaired) electrons. The molecule has 2 rings (SSSR count). The van der Waals surface area contributed by atoms with Gasteiger partial charge in [-0.25, -0.2) is 17.2 Å². The molecule has 0 unspecified atom stereocenters. The van der Waals surface area contributed by atoms with Crippen LogP contribution in [0.2, 0.25) is 0 Å². The molecule has 1 N–H and O–H groups in total. The van der Waals surface area contributed by atoms with E-state index in [1.54, 1.807) is 0 Å². The molecule has 9 heteroatoms. The second kappa shape index (κ2) is 4.48. The topological polar surface area (TPSA) is 58.5 Å². The Morgan fingerprint density at radius 2 is 1.89 bits per heavy atom. The van der Waals surface area contributed by atoms with E-state index in [9.17, 15) is 26.0 Å². The Hall–Kier alpha value is -1.64. The lowest BCUT2D eigenvalue weighted by Crippen LogP contribution is -2.32. The highest BCUT2D eigenvalue weighted by Gasteiger charge is 2.41. The number of alkyl halides is 4. The van der Waals surface area contributed by atoms with Crippen LogP contribution in [0.15, 0.2) is 34.2 Å². The second-order valence-electron chi connectivity index (χ2n) is 3.83. The summed E-state index contributed by atoms with van der Waals surface area (Å²) in [5, 5.41) is 0. The molecule has 0 saturated heterocycles. The Labute approximate surface area is 106 Å². The Morgan fingerprint density at radius 3 is 2.53 bits per heavy atom. The molecule has 1 aliphatic rings. The van der Waals surface area contributed by atoms with Crippen LogP contribution in [0.3, 0.4) is 0 Å². The van der Waals surface area contributed by atoms with Crippen LogP contribution in [0.25, 0.3) is 0 Å². The fraction of sp³-hybridized carbons (Fsp3) is 0.300. The van der Waals surface area contributed by atoms with E-state index in [2.05, 4.69) is 4.99 Å². The zero-order chi connectivity index (χ0) is 14.3. The van der Waals surface area contributed by atoms with Crippen molar-refractivity contribution in [3.8, 4) is 0 Å². The second-order valence-corrected chi connectivity index (χ2v) is 5.48. The number of hydrogen-bond donors (Lipinski definition) is 1. The van der Waals surface area contributed by atoms with Crippen LogP contribution >= 0.6 is 0 Å². The van der Waals surface area contributed by atoms with Crippen molar-refractivity contribution in [2.45, 2.75) is 17.2 Å². The van der Waals surface area contributed by atoms with Gasteiger partial charge in [0.1, 0.15) is 12.4 Å². The zero-order valence-corrected chi connectivity index (χ0v) is 10.1. The van der Waals surface area contributed by atoms with Crippen molar-refractivity contribution < 1.29 is 26.0 Å². The lowest BCUT2D eigenvalue weighted by Gasteiger charge is -2.12. The highest BCUT2D eigenvalue weighted by Crippen LogP contribution is 2.25. The lowest BCUT2D eigenvalue weighted by atomic mass is 10.2. The van der Waals surface area contributed by atoms with E-state index in [1.807, 2.05) is 4.72 Å². The minimum Gasteiger partial charge on any atom is -0.263 e. The number of sulfonamides is 1. The summed E-state index contributed by atoms with van der Waals surface area (Å²) >= 11 is 0. The summed E-state index contributed by atoms with van der Waals surface area (Å²) in [6.45, 7) is -1.49. The van der Waals surface area contributed by atoms with E-state index in [4.69, 9.17) is 0 Å². The van der Waals surface area contributed by atoms with E-state index in [0.717, 1.165) is 0 Å². The highest BCUT2D eigenvalue weighted by molar-refractivity contribution is 7.90. The summed E-state index contributed by atoms with van der Waals surface area (Å²) in [7, 11) is -3.86. The Kier molecular flexibility index (Phi) is 3.25. The number of rotatable bonds is 3. The summed E-state index contributed by atoms with van der Waals surface area (Å²) < 4.78 is 74.6. The van der Waals surface area contributed by atoms with Gasteiger partial charge in [0, 0.05) is 5.56 Å². The van der Waals surface area contributed by atoms with E-state index >= 15 is 0 Å². The number of aliphatic imine (C=N–C) groups is 1. The maximum absolute atomic E-state index is 12.7. The maximum atomic E-state index is 12.7. The summed E-state index contributed by atoms with van der Waals surface area (Å²) in [6, 6.07) is 5.56. The van der Waals surface area contributed by atoms with Gasteiger partial charge in [0.2, 0.25) is 0 Å². The Bertz CT molecular complexity index is 628. The third kappa shape index (κ3) is 2.55. The molecule has 0 amide bonds. The van der Waals surface area contributed by atoms with Crippen LogP contribution in [-0.4, -0.2) is 33.1 Å². The molecule has 0 spiro atoms. The quantitative estimate of drug-likeness (QED) is 0.862. The third-order valence-corrected chi connectivity index (χ3v) is 3.83. The molecular weight excluding hydrogens is 288 g/mol. The van der Waals surface area contributed by atoms with Gasteiger partial charge in [-0.3, -0.25) is 9.71 Å². The van der Waals surface area contributed by atoms with Gasteiger partial charge in [-0.1, -0.05) is 12.1 Å². The fourth-order valence-electron chi connectivity index (χ4n) is 1.50. The normalized spacial score (nSPS) is 19.5. The molecule has 104 valence electrons. The maximum Gasteiger partial charge on any atom is 0.326 e. The molecule has 1 aliphatic heterocycles. The minimum absolute atomic E-state index is 0.0903. The number of fused-ring (bicyclic) bond motifs is 1. The SMILES string of the molecule is O=S1(=O)NC(=NCC(F)(F)C(F)F)c2ccccc21. The number of halogens is 4. The van der Waals surface area contributed by atoms with Crippen molar-refractivity contribution >= 4 is 15.9 Å². The van der Waals surface area contributed by atoms with Crippen molar-refractivity contribution in [2.24, 2.45) is 4.99 Å². The molecule has 0 saturated carbocycles. The summed E-state index contributed by atoms with van der Waals surface area (Å²) in [5.41, 5.74) is 0.0903. The number of amidine groups is 1. The first-order valence-corrected chi connectivity index (χ1v) is 6.55. The van der Waals surface area contributed by atoms with Crippen LogP contribution in [0.4, 0.5) is 17.6 Å². The zero-order valence-electron chi connectivity index (χ0n) is 9.28. The van der Waals surface area contributed by atoms with E-state index < -0.39 is 28.9 Å². The van der Waals surface area contributed by atoms with Crippen LogP contribution in [0.5, 0.6) is 0 Å². The molecule has 1 aromatic carbocycles. The molecule has 0 atom stereocenters. The number of benzene rings is 1. The molecule has 1 aromatic rings. The van der Waals surface area contributed by atoms with Gasteiger partial charge in [-0.15, -0.1) is 0 Å². The van der Waals surface area contributed by atoms with Gasteiger partial charge in [-0.2, -0.15) is 8.78 Å². The lowest BCUT2D eigenvalue weighted by molar-refractivity contribution is -0.119. The van der Waals surface area contributed by atoms with Crippen molar-refractivity contribution in [3.05, 3.63) is 29.8 Å². The largest absolute Gasteiger partial charge is 0.326 e. The van der Waals surface area contributed by atoms with E-state index in [1.165, 1.54) is 24.3 Å². The minimum atomic E-state index is -4.30. The van der Waals surface area contributed by atoms with Gasteiger partial charge >= 0.3 is 12.3 Å². The Balaban J connectivity index is 2.35. The molecule has 19 heavy (non-hydrogen) atoms. The molecule has 4 nitrogen and oxygen atoms in total. The predicted octanol–water partition coefficient (Wildman–Crippen LogP) is 1.63. The van der Waals surface area contributed by atoms with Crippen LogP contribution in [0, 0.1) is 0 Å². The predicted molar refractivity (Wildman–Crippen MR) is 59.1 cm³/mol. The van der Waals surface area contributed by atoms with Gasteiger partial charge < -0.3 is 0 Å². The summed E-state index contributed by atoms with van der Waals surface area (Å²) in [6.07, 6.45) is -3.86. The summed E-state index contributed by atoms with van der Waals surface area (Å²) in [5.74, 6) is -4.65. The van der Waals surface area contributed by atoms with Crippen LogP contribution < -0.4 is 4.72 Å². The fourth-order valence-corrected chi connectivity index (χ4v) is 2.76. The van der Waals surface area contributed by atoms with Crippen molar-refractivity contribution in [2.75, 3.05) is 6.54 Å². The van der Waals surface area contributed by atoms with Crippen LogP contribution in [0.1, 0.15) is 5.56 Å². The molecule has 1 heterocycles. The van der Waals surface area contributed by atoms with Gasteiger partial charge in [0.05, 0.1) is 4.90 Å². The monoisotopic (exact) mass is 296 g/mol. The number of nitrogens with one attached hydrogen (secondary N) is 1. The standard InChI is InChI=1S/C10H8F4N2O2S/c11-9(12)10(13,14)5-15-8-6-3-1-2-4-7(6)19(17,18)16-8/h1-4,9H,5H2,(H,15,16). The van der Waals surface area contributed by atoms with E-state index in [0.29, 0.717) is 0 Å². The highest BCUT2D eigenvalue weighted by atomic mass is 32.2. The van der Waals surface area contributed by atoms with Crippen molar-refractivity contribution in [1.82, 2.24) is 4.72 Å². The first kappa shape index (κ1) is 13.8. The van der Waals surface area contributed by atoms with Crippen molar-refractivity contribution in [3.63, 3.8) is 0 Å². The third-order valence-electron chi connectivity index (χ3n) is 2.43. The molecular formula is C10H8F4N2O2S. The Morgan fingerprint density at radius 1 is 1.26 bits per heavy atom.